The Kier molecular flexibility index (Phi) is 5.87. The molecule has 0 atom stereocenters. The average Bonchev–Trinajstić information content (AvgIpc) is 3.09. The van der Waals surface area contributed by atoms with Crippen LogP contribution in [-0.4, -0.2) is 31.0 Å². The number of carbonyl (C=O) groups is 1. The average molecular weight is 407 g/mol. The first kappa shape index (κ1) is 18.4. The van der Waals surface area contributed by atoms with Crippen molar-refractivity contribution in [1.29, 1.82) is 0 Å². The summed E-state index contributed by atoms with van der Waals surface area (Å²) >= 11 is 13.2. The molecule has 3 rings (SSSR count). The Hall–Kier alpha value is -2.42. The second-order valence-corrected chi connectivity index (χ2v) is 6.76. The molecule has 2 aromatic carbocycles. The lowest BCUT2D eigenvalue weighted by Crippen LogP contribution is -2.10. The Morgan fingerprint density at radius 2 is 1.81 bits per heavy atom. The number of benzene rings is 2. The maximum absolute atomic E-state index is 12.0. The van der Waals surface area contributed by atoms with Gasteiger partial charge in [-0.3, -0.25) is 10.2 Å². The number of Topliss-reactive ketones (excluding diaryl/α,β-unsaturated/α-hetero) is 1. The number of hydrogen-bond donors (Lipinski definition) is 1. The van der Waals surface area contributed by atoms with Crippen molar-refractivity contribution < 1.29 is 4.79 Å². The fourth-order valence-corrected chi connectivity index (χ4v) is 3.14. The minimum absolute atomic E-state index is 0.160. The molecule has 132 valence electrons. The highest BCUT2D eigenvalue weighted by molar-refractivity contribution is 8.15. The van der Waals surface area contributed by atoms with Crippen LogP contribution in [0.3, 0.4) is 0 Å². The number of aromatic nitrogens is 4. The van der Waals surface area contributed by atoms with Gasteiger partial charge in [0.15, 0.2) is 10.8 Å². The summed E-state index contributed by atoms with van der Waals surface area (Å²) in [5.41, 5.74) is 3.92. The summed E-state index contributed by atoms with van der Waals surface area (Å²) in [6.07, 6.45) is 0. The van der Waals surface area contributed by atoms with Crippen molar-refractivity contribution in [2.24, 2.45) is 5.10 Å². The molecule has 1 heterocycles. The number of hydrogen-bond acceptors (Lipinski definition) is 7. The van der Waals surface area contributed by atoms with E-state index in [0.29, 0.717) is 20.9 Å². The van der Waals surface area contributed by atoms with Gasteiger partial charge in [-0.15, -0.1) is 5.10 Å². The van der Waals surface area contributed by atoms with Crippen molar-refractivity contribution in [3.8, 4) is 5.69 Å². The summed E-state index contributed by atoms with van der Waals surface area (Å²) in [6, 6.07) is 14.4. The standard InChI is InChI=1S/C16H12Cl2N6OS/c1-10(25)15(20-19-14-12(17)8-5-9-13(14)18)26-16-21-22-23-24(16)11-6-3-2-4-7-11/h2-9,19H,1H3. The van der Waals surface area contributed by atoms with Crippen LogP contribution in [0.1, 0.15) is 6.92 Å². The number of ketones is 1. The number of nitrogens with zero attached hydrogens (tertiary/aromatic N) is 5. The van der Waals surface area contributed by atoms with Gasteiger partial charge in [-0.05, 0) is 46.5 Å². The molecule has 26 heavy (non-hydrogen) atoms. The molecule has 0 radical (unpaired) electrons. The van der Waals surface area contributed by atoms with Crippen molar-refractivity contribution in [2.75, 3.05) is 5.43 Å². The van der Waals surface area contributed by atoms with Gasteiger partial charge in [0.1, 0.15) is 0 Å². The summed E-state index contributed by atoms with van der Waals surface area (Å²) in [6.45, 7) is 1.40. The van der Waals surface area contributed by atoms with E-state index >= 15 is 0 Å². The lowest BCUT2D eigenvalue weighted by atomic mass is 10.3. The summed E-state index contributed by atoms with van der Waals surface area (Å²) in [5.74, 6) is -0.256. The SMILES string of the molecule is CC(=O)C(=NNc1c(Cl)cccc1Cl)Sc1nnnn1-c1ccccc1. The number of tetrazole rings is 1. The smallest absolute Gasteiger partial charge is 0.220 e. The maximum atomic E-state index is 12.0. The van der Waals surface area contributed by atoms with Crippen LogP contribution >= 0.6 is 35.0 Å². The Morgan fingerprint density at radius 3 is 2.46 bits per heavy atom. The van der Waals surface area contributed by atoms with E-state index in [1.54, 1.807) is 18.2 Å². The summed E-state index contributed by atoms with van der Waals surface area (Å²) in [5, 5.41) is 17.0. The number of anilines is 1. The van der Waals surface area contributed by atoms with Crippen LogP contribution in [0, 0.1) is 0 Å². The van der Waals surface area contributed by atoms with Crippen molar-refractivity contribution in [2.45, 2.75) is 12.1 Å². The third-order valence-corrected chi connectivity index (χ3v) is 4.80. The van der Waals surface area contributed by atoms with E-state index in [1.165, 1.54) is 11.6 Å². The summed E-state index contributed by atoms with van der Waals surface area (Å²) < 4.78 is 1.52. The fourth-order valence-electron chi connectivity index (χ4n) is 1.94. The quantitative estimate of drug-likeness (QED) is 0.297. The van der Waals surface area contributed by atoms with E-state index in [1.807, 2.05) is 30.3 Å². The first-order valence-corrected chi connectivity index (χ1v) is 8.94. The van der Waals surface area contributed by atoms with Crippen molar-refractivity contribution in [3.63, 3.8) is 0 Å². The van der Waals surface area contributed by atoms with Gasteiger partial charge in [-0.25, -0.2) is 0 Å². The number of para-hydroxylation sites is 2. The number of hydrazone groups is 1. The molecule has 0 unspecified atom stereocenters. The monoisotopic (exact) mass is 406 g/mol. The van der Waals surface area contributed by atoms with Gasteiger partial charge in [0, 0.05) is 6.92 Å². The van der Waals surface area contributed by atoms with Crippen LogP contribution in [0.2, 0.25) is 10.0 Å². The lowest BCUT2D eigenvalue weighted by molar-refractivity contribution is -0.110. The van der Waals surface area contributed by atoms with E-state index in [0.717, 1.165) is 17.4 Å². The van der Waals surface area contributed by atoms with Crippen molar-refractivity contribution in [3.05, 3.63) is 58.6 Å². The molecule has 0 spiro atoms. The van der Waals surface area contributed by atoms with Crippen molar-refractivity contribution in [1.82, 2.24) is 20.2 Å². The Balaban J connectivity index is 1.87. The highest BCUT2D eigenvalue weighted by atomic mass is 35.5. The van der Waals surface area contributed by atoms with Crippen LogP contribution < -0.4 is 5.43 Å². The molecule has 10 heteroatoms. The van der Waals surface area contributed by atoms with Gasteiger partial charge in [-0.1, -0.05) is 47.5 Å². The third-order valence-electron chi connectivity index (χ3n) is 3.16. The maximum Gasteiger partial charge on any atom is 0.220 e. The normalized spacial score (nSPS) is 11.4. The number of rotatable bonds is 5. The van der Waals surface area contributed by atoms with E-state index < -0.39 is 0 Å². The van der Waals surface area contributed by atoms with Gasteiger partial charge in [0.05, 0.1) is 21.4 Å². The highest BCUT2D eigenvalue weighted by Crippen LogP contribution is 2.30. The van der Waals surface area contributed by atoms with Crippen LogP contribution in [0.15, 0.2) is 58.8 Å². The largest absolute Gasteiger partial charge is 0.292 e. The van der Waals surface area contributed by atoms with Gasteiger partial charge >= 0.3 is 0 Å². The predicted molar refractivity (Wildman–Crippen MR) is 103 cm³/mol. The molecule has 3 aromatic rings. The highest BCUT2D eigenvalue weighted by Gasteiger charge is 2.16. The molecule has 7 nitrogen and oxygen atoms in total. The summed E-state index contributed by atoms with van der Waals surface area (Å²) in [4.78, 5) is 12.0. The molecule has 0 aliphatic heterocycles. The number of carbonyl (C=O) groups excluding carboxylic acids is 1. The van der Waals surface area contributed by atoms with E-state index in [2.05, 4.69) is 26.1 Å². The molecule has 0 bridgehead atoms. The molecule has 0 aliphatic carbocycles. The fraction of sp³-hybridized carbons (Fsp3) is 0.0625. The molecular formula is C16H12Cl2N6OS. The van der Waals surface area contributed by atoms with Crippen molar-refractivity contribution >= 4 is 51.5 Å². The first-order chi connectivity index (χ1) is 12.6. The first-order valence-electron chi connectivity index (χ1n) is 7.36. The zero-order chi connectivity index (χ0) is 18.5. The topological polar surface area (TPSA) is 85.1 Å². The van der Waals surface area contributed by atoms with E-state index in [-0.39, 0.29) is 10.8 Å². The Labute approximate surface area is 163 Å². The van der Waals surface area contributed by atoms with E-state index in [9.17, 15) is 4.79 Å². The number of thioether (sulfide) groups is 1. The van der Waals surface area contributed by atoms with E-state index in [4.69, 9.17) is 23.2 Å². The molecular weight excluding hydrogens is 395 g/mol. The minimum Gasteiger partial charge on any atom is -0.292 e. The molecule has 0 saturated heterocycles. The molecule has 1 aromatic heterocycles. The molecule has 0 amide bonds. The van der Waals surface area contributed by atoms with Gasteiger partial charge in [-0.2, -0.15) is 9.78 Å². The van der Waals surface area contributed by atoms with Crippen LogP contribution in [0.4, 0.5) is 5.69 Å². The summed E-state index contributed by atoms with van der Waals surface area (Å²) in [7, 11) is 0. The molecule has 0 saturated carbocycles. The predicted octanol–water partition coefficient (Wildman–Crippen LogP) is 4.08. The number of nitrogens with one attached hydrogen (secondary N) is 1. The van der Waals surface area contributed by atoms with Gasteiger partial charge < -0.3 is 0 Å². The van der Waals surface area contributed by atoms with Crippen LogP contribution in [0.25, 0.3) is 5.69 Å². The lowest BCUT2D eigenvalue weighted by Gasteiger charge is -2.08. The minimum atomic E-state index is -0.256. The van der Waals surface area contributed by atoms with Gasteiger partial charge in [0.25, 0.3) is 0 Å². The van der Waals surface area contributed by atoms with Crippen LogP contribution in [0.5, 0.6) is 0 Å². The second-order valence-electron chi connectivity index (χ2n) is 4.99. The number of halogens is 2. The zero-order valence-electron chi connectivity index (χ0n) is 13.4. The zero-order valence-corrected chi connectivity index (χ0v) is 15.8. The van der Waals surface area contributed by atoms with Crippen LogP contribution in [-0.2, 0) is 4.79 Å². The van der Waals surface area contributed by atoms with Gasteiger partial charge in [0.2, 0.25) is 5.16 Å². The third kappa shape index (κ3) is 4.21. The second kappa shape index (κ2) is 8.31. The Bertz CT molecular complexity index is 940. The molecule has 0 aliphatic rings. The Morgan fingerprint density at radius 1 is 1.12 bits per heavy atom. The molecule has 1 N–H and O–H groups in total. The molecule has 0 fully saturated rings.